The highest BCUT2D eigenvalue weighted by Gasteiger charge is 2.19. The molecule has 0 amide bonds. The van der Waals surface area contributed by atoms with Crippen molar-refractivity contribution in [2.45, 2.75) is 0 Å². The minimum absolute atomic E-state index is 0.871. The van der Waals surface area contributed by atoms with E-state index in [1.807, 2.05) is 0 Å². The molecule has 280 valence electrons. The Balaban J connectivity index is 1.06. The van der Waals surface area contributed by atoms with Gasteiger partial charge in [-0.2, -0.15) is 0 Å². The largest absolute Gasteiger partial charge is 0.456 e. The Morgan fingerprint density at radius 1 is 0.383 bits per heavy atom. The molecule has 0 N–H and O–H groups in total. The monoisotopic (exact) mass is 763 g/mol. The standard InChI is InChI=1S/C58H37NO/c1-2-13-38(14-3-1)39-27-29-42(30-28-39)51(35-43-19-10-17-40-15-4-6-20-46(40)43)44-32-34-56-52(36-44)58-48(23-12-26-57(58)60-56)45-31-33-50-49-22-8-9-24-54(49)59(55(50)37-45)53-25-11-18-41-16-5-7-21-47(41)53/h1-37H. The second-order valence-corrected chi connectivity index (χ2v) is 15.6. The predicted molar refractivity (Wildman–Crippen MR) is 254 cm³/mol. The van der Waals surface area contributed by atoms with Crippen molar-refractivity contribution >= 4 is 76.9 Å². The molecule has 0 aliphatic carbocycles. The summed E-state index contributed by atoms with van der Waals surface area (Å²) >= 11 is 0. The van der Waals surface area contributed by atoms with Gasteiger partial charge in [-0.05, 0) is 103 Å². The lowest BCUT2D eigenvalue weighted by Gasteiger charge is -2.13. The van der Waals surface area contributed by atoms with E-state index in [4.69, 9.17) is 4.42 Å². The van der Waals surface area contributed by atoms with Gasteiger partial charge in [0.2, 0.25) is 0 Å². The molecule has 12 rings (SSSR count). The predicted octanol–water partition coefficient (Wildman–Crippen LogP) is 15.9. The van der Waals surface area contributed by atoms with Crippen LogP contribution in [0.5, 0.6) is 0 Å². The third kappa shape index (κ3) is 5.57. The summed E-state index contributed by atoms with van der Waals surface area (Å²) in [7, 11) is 0. The number of aromatic nitrogens is 1. The smallest absolute Gasteiger partial charge is 0.136 e. The zero-order chi connectivity index (χ0) is 39.6. The number of hydrogen-bond donors (Lipinski definition) is 0. The summed E-state index contributed by atoms with van der Waals surface area (Å²) in [4.78, 5) is 0. The van der Waals surface area contributed by atoms with Crippen molar-refractivity contribution < 1.29 is 4.42 Å². The van der Waals surface area contributed by atoms with Crippen LogP contribution in [-0.2, 0) is 0 Å². The number of fused-ring (bicyclic) bond motifs is 8. The fraction of sp³-hybridized carbons (Fsp3) is 0. The number of hydrogen-bond acceptors (Lipinski definition) is 1. The highest BCUT2D eigenvalue weighted by Crippen LogP contribution is 2.42. The van der Waals surface area contributed by atoms with Crippen LogP contribution >= 0.6 is 0 Å². The summed E-state index contributed by atoms with van der Waals surface area (Å²) in [6.07, 6.45) is 2.35. The van der Waals surface area contributed by atoms with Gasteiger partial charge in [0, 0.05) is 26.9 Å². The fourth-order valence-corrected chi connectivity index (χ4v) is 9.37. The van der Waals surface area contributed by atoms with Gasteiger partial charge < -0.3 is 8.98 Å². The van der Waals surface area contributed by atoms with Crippen LogP contribution in [0.15, 0.2) is 223 Å². The molecule has 0 unspecified atom stereocenters. The van der Waals surface area contributed by atoms with Crippen LogP contribution in [-0.4, -0.2) is 4.57 Å². The first-order valence-electron chi connectivity index (χ1n) is 20.6. The summed E-state index contributed by atoms with van der Waals surface area (Å²) in [5.74, 6) is 0. The number of furan rings is 1. The lowest BCUT2D eigenvalue weighted by molar-refractivity contribution is 0.669. The van der Waals surface area contributed by atoms with Crippen molar-refractivity contribution in [2.75, 3.05) is 0 Å². The molecule has 0 aliphatic rings. The Bertz CT molecular complexity index is 3630. The Hall–Kier alpha value is -7.94. The van der Waals surface area contributed by atoms with Crippen LogP contribution in [0.1, 0.15) is 16.7 Å². The van der Waals surface area contributed by atoms with Crippen LogP contribution in [0.2, 0.25) is 0 Å². The van der Waals surface area contributed by atoms with E-state index in [1.54, 1.807) is 0 Å². The Labute approximate surface area is 347 Å². The highest BCUT2D eigenvalue weighted by molar-refractivity contribution is 6.16. The molecule has 2 aromatic heterocycles. The van der Waals surface area contributed by atoms with Gasteiger partial charge in [-0.1, -0.05) is 182 Å². The first kappa shape index (κ1) is 34.1. The molecule has 0 bridgehead atoms. The van der Waals surface area contributed by atoms with Crippen molar-refractivity contribution in [3.8, 4) is 27.9 Å². The summed E-state index contributed by atoms with van der Waals surface area (Å²) in [6.45, 7) is 0. The Morgan fingerprint density at radius 3 is 1.87 bits per heavy atom. The third-order valence-corrected chi connectivity index (χ3v) is 12.2. The average Bonchev–Trinajstić information content (AvgIpc) is 3.86. The Morgan fingerprint density at radius 2 is 1.02 bits per heavy atom. The first-order chi connectivity index (χ1) is 29.7. The van der Waals surface area contributed by atoms with Crippen molar-refractivity contribution in [1.29, 1.82) is 0 Å². The number of rotatable bonds is 6. The van der Waals surface area contributed by atoms with Gasteiger partial charge in [0.1, 0.15) is 11.2 Å². The average molecular weight is 764 g/mol. The molecule has 2 heteroatoms. The van der Waals surface area contributed by atoms with E-state index < -0.39 is 0 Å². The van der Waals surface area contributed by atoms with Crippen LogP contribution in [0.3, 0.4) is 0 Å². The molecule has 2 heterocycles. The molecule has 0 saturated carbocycles. The van der Waals surface area contributed by atoms with Gasteiger partial charge in [-0.15, -0.1) is 0 Å². The van der Waals surface area contributed by atoms with Gasteiger partial charge in [-0.25, -0.2) is 0 Å². The van der Waals surface area contributed by atoms with Crippen molar-refractivity contribution in [3.63, 3.8) is 0 Å². The van der Waals surface area contributed by atoms with Gasteiger partial charge in [0.15, 0.2) is 0 Å². The zero-order valence-corrected chi connectivity index (χ0v) is 32.7. The summed E-state index contributed by atoms with van der Waals surface area (Å²) < 4.78 is 9.09. The maximum absolute atomic E-state index is 6.65. The molecular weight excluding hydrogens is 727 g/mol. The molecule has 60 heavy (non-hydrogen) atoms. The van der Waals surface area contributed by atoms with E-state index in [0.717, 1.165) is 49.8 Å². The molecule has 0 spiro atoms. The normalized spacial score (nSPS) is 12.1. The van der Waals surface area contributed by atoms with E-state index in [-0.39, 0.29) is 0 Å². The topological polar surface area (TPSA) is 18.1 Å². The third-order valence-electron chi connectivity index (χ3n) is 12.2. The molecule has 0 fully saturated rings. The second-order valence-electron chi connectivity index (χ2n) is 15.6. The SMILES string of the molecule is C(=C(c1ccc(-c2ccccc2)cc1)c1ccc2oc3cccc(-c4ccc5c6ccccc6n(-c6cccc7ccccc67)c5c4)c3c2c1)c1cccc2ccccc12. The van der Waals surface area contributed by atoms with Gasteiger partial charge in [0.05, 0.1) is 16.7 Å². The van der Waals surface area contributed by atoms with Gasteiger partial charge in [0.25, 0.3) is 0 Å². The molecule has 12 aromatic rings. The van der Waals surface area contributed by atoms with Crippen LogP contribution < -0.4 is 0 Å². The van der Waals surface area contributed by atoms with Crippen molar-refractivity contribution in [3.05, 3.63) is 235 Å². The first-order valence-corrected chi connectivity index (χ1v) is 20.6. The van der Waals surface area contributed by atoms with Crippen LogP contribution in [0, 0.1) is 0 Å². The second kappa shape index (κ2) is 13.9. The summed E-state index contributed by atoms with van der Waals surface area (Å²) in [5, 5.41) is 9.59. The molecule has 0 radical (unpaired) electrons. The maximum atomic E-state index is 6.65. The zero-order valence-electron chi connectivity index (χ0n) is 32.7. The summed E-state index contributed by atoms with van der Waals surface area (Å²) in [6, 6.07) is 78.9. The molecule has 0 saturated heterocycles. The maximum Gasteiger partial charge on any atom is 0.136 e. The highest BCUT2D eigenvalue weighted by atomic mass is 16.3. The lowest BCUT2D eigenvalue weighted by Crippen LogP contribution is -1.95. The molecule has 2 nitrogen and oxygen atoms in total. The molecule has 10 aromatic carbocycles. The molecule has 0 atom stereocenters. The Kier molecular flexibility index (Phi) is 7.89. The van der Waals surface area contributed by atoms with Gasteiger partial charge >= 0.3 is 0 Å². The number of nitrogens with zero attached hydrogens (tertiary/aromatic N) is 1. The number of benzene rings is 10. The van der Waals surface area contributed by atoms with Crippen LogP contribution in [0.4, 0.5) is 0 Å². The fourth-order valence-electron chi connectivity index (χ4n) is 9.37. The quantitative estimate of drug-likeness (QED) is 0.154. The van der Waals surface area contributed by atoms with E-state index in [1.165, 1.54) is 65.7 Å². The minimum Gasteiger partial charge on any atom is -0.456 e. The van der Waals surface area contributed by atoms with Gasteiger partial charge in [-0.3, -0.25) is 0 Å². The van der Waals surface area contributed by atoms with Crippen molar-refractivity contribution in [2.24, 2.45) is 0 Å². The van der Waals surface area contributed by atoms with Crippen LogP contribution in [0.25, 0.3) is 105 Å². The van der Waals surface area contributed by atoms with Crippen molar-refractivity contribution in [1.82, 2.24) is 4.57 Å². The molecule has 0 aliphatic heterocycles. The number of para-hydroxylation sites is 1. The lowest BCUT2D eigenvalue weighted by atomic mass is 9.91. The van der Waals surface area contributed by atoms with E-state index in [2.05, 4.69) is 229 Å². The molecular formula is C58H37NO. The van der Waals surface area contributed by atoms with E-state index in [9.17, 15) is 0 Å². The van der Waals surface area contributed by atoms with E-state index in [0.29, 0.717) is 0 Å². The van der Waals surface area contributed by atoms with E-state index >= 15 is 0 Å². The summed E-state index contributed by atoms with van der Waals surface area (Å²) in [5.41, 5.74) is 14.6. The minimum atomic E-state index is 0.871.